The molecule has 2 rings (SSSR count). The van der Waals surface area contributed by atoms with Crippen molar-refractivity contribution in [3.63, 3.8) is 0 Å². The SMILES string of the molecule is O=C1CCC(CN2C(=O)CCCC2=O)CN1. The fraction of sp³-hybridized carbons (Fsp3) is 0.727. The molecule has 0 aromatic carbocycles. The second kappa shape index (κ2) is 4.63. The maximum atomic E-state index is 11.6. The summed E-state index contributed by atoms with van der Waals surface area (Å²) in [5.74, 6) is 0.164. The predicted octanol–water partition coefficient (Wildman–Crippen LogP) is 0.0517. The molecule has 1 unspecified atom stereocenters. The quantitative estimate of drug-likeness (QED) is 0.674. The van der Waals surface area contributed by atoms with Crippen LogP contribution in [0.15, 0.2) is 0 Å². The number of carbonyl (C=O) groups is 3. The Balaban J connectivity index is 1.90. The number of nitrogens with zero attached hydrogens (tertiary/aromatic N) is 1. The predicted molar refractivity (Wildman–Crippen MR) is 56.3 cm³/mol. The molecule has 2 aliphatic rings. The first-order valence-electron chi connectivity index (χ1n) is 5.76. The van der Waals surface area contributed by atoms with Crippen LogP contribution < -0.4 is 5.32 Å². The van der Waals surface area contributed by atoms with Gasteiger partial charge in [0.2, 0.25) is 17.7 Å². The lowest BCUT2D eigenvalue weighted by atomic mass is 9.97. The van der Waals surface area contributed by atoms with Crippen LogP contribution in [0.5, 0.6) is 0 Å². The van der Waals surface area contributed by atoms with Crippen LogP contribution in [0.25, 0.3) is 0 Å². The molecule has 0 aromatic heterocycles. The summed E-state index contributed by atoms with van der Waals surface area (Å²) in [6.45, 7) is 1.05. The molecule has 1 atom stereocenters. The largest absolute Gasteiger partial charge is 0.356 e. The Labute approximate surface area is 94.2 Å². The molecule has 5 heteroatoms. The van der Waals surface area contributed by atoms with Crippen LogP contribution in [0, 0.1) is 5.92 Å². The van der Waals surface area contributed by atoms with Crippen molar-refractivity contribution in [2.24, 2.45) is 5.92 Å². The van der Waals surface area contributed by atoms with Crippen LogP contribution in [-0.4, -0.2) is 35.7 Å². The Morgan fingerprint density at radius 2 is 1.81 bits per heavy atom. The van der Waals surface area contributed by atoms with Crippen molar-refractivity contribution in [2.45, 2.75) is 32.1 Å². The van der Waals surface area contributed by atoms with Gasteiger partial charge >= 0.3 is 0 Å². The first-order chi connectivity index (χ1) is 7.66. The van der Waals surface area contributed by atoms with E-state index in [1.807, 2.05) is 0 Å². The number of carbonyl (C=O) groups excluding carboxylic acids is 3. The summed E-state index contributed by atoms with van der Waals surface area (Å²) in [4.78, 5) is 35.5. The van der Waals surface area contributed by atoms with Crippen LogP contribution in [0.1, 0.15) is 32.1 Å². The van der Waals surface area contributed by atoms with Crippen molar-refractivity contribution < 1.29 is 14.4 Å². The Morgan fingerprint density at radius 1 is 1.12 bits per heavy atom. The van der Waals surface area contributed by atoms with E-state index in [0.29, 0.717) is 38.8 Å². The van der Waals surface area contributed by atoms with E-state index in [9.17, 15) is 14.4 Å². The molecular weight excluding hydrogens is 208 g/mol. The molecule has 0 aromatic rings. The number of imide groups is 1. The lowest BCUT2D eigenvalue weighted by Gasteiger charge is -2.30. The lowest BCUT2D eigenvalue weighted by molar-refractivity contribution is -0.148. The van der Waals surface area contributed by atoms with Crippen LogP contribution >= 0.6 is 0 Å². The monoisotopic (exact) mass is 224 g/mol. The Kier molecular flexibility index (Phi) is 3.22. The van der Waals surface area contributed by atoms with E-state index in [2.05, 4.69) is 5.32 Å². The van der Waals surface area contributed by atoms with Crippen molar-refractivity contribution in [3.05, 3.63) is 0 Å². The molecule has 3 amide bonds. The summed E-state index contributed by atoms with van der Waals surface area (Å²) in [6.07, 6.45) is 2.90. The van der Waals surface area contributed by atoms with Crippen LogP contribution in [0.4, 0.5) is 0 Å². The zero-order valence-corrected chi connectivity index (χ0v) is 9.20. The molecule has 2 fully saturated rings. The summed E-state index contributed by atoms with van der Waals surface area (Å²) in [5.41, 5.74) is 0. The number of hydrogen-bond donors (Lipinski definition) is 1. The van der Waals surface area contributed by atoms with Gasteiger partial charge in [-0.15, -0.1) is 0 Å². The Bertz CT molecular complexity index is 301. The van der Waals surface area contributed by atoms with Crippen molar-refractivity contribution in [3.8, 4) is 0 Å². The minimum atomic E-state index is -0.0619. The summed E-state index contributed by atoms with van der Waals surface area (Å²) >= 11 is 0. The third-order valence-electron chi connectivity index (χ3n) is 3.19. The molecule has 2 heterocycles. The highest BCUT2D eigenvalue weighted by Crippen LogP contribution is 2.17. The van der Waals surface area contributed by atoms with E-state index in [1.54, 1.807) is 0 Å². The molecule has 0 bridgehead atoms. The third kappa shape index (κ3) is 2.40. The second-order valence-corrected chi connectivity index (χ2v) is 4.46. The topological polar surface area (TPSA) is 66.5 Å². The van der Waals surface area contributed by atoms with Crippen molar-refractivity contribution in [1.82, 2.24) is 10.2 Å². The number of likely N-dealkylation sites (tertiary alicyclic amines) is 1. The lowest BCUT2D eigenvalue weighted by Crippen LogP contribution is -2.46. The maximum absolute atomic E-state index is 11.6. The minimum absolute atomic E-state index is 0.0619. The summed E-state index contributed by atoms with van der Waals surface area (Å²) < 4.78 is 0. The van der Waals surface area contributed by atoms with E-state index >= 15 is 0 Å². The zero-order valence-electron chi connectivity index (χ0n) is 9.20. The third-order valence-corrected chi connectivity index (χ3v) is 3.19. The highest BCUT2D eigenvalue weighted by atomic mass is 16.2. The zero-order chi connectivity index (χ0) is 11.5. The van der Waals surface area contributed by atoms with Crippen molar-refractivity contribution in [2.75, 3.05) is 13.1 Å². The number of nitrogens with one attached hydrogen (secondary N) is 1. The second-order valence-electron chi connectivity index (χ2n) is 4.46. The number of amides is 3. The van der Waals surface area contributed by atoms with Gasteiger partial charge in [0.15, 0.2) is 0 Å². The van der Waals surface area contributed by atoms with E-state index < -0.39 is 0 Å². The molecule has 5 nitrogen and oxygen atoms in total. The first kappa shape index (κ1) is 11.1. The number of hydrogen-bond acceptors (Lipinski definition) is 3. The molecule has 0 saturated carbocycles. The van der Waals surface area contributed by atoms with Gasteiger partial charge in [-0.05, 0) is 18.8 Å². The first-order valence-corrected chi connectivity index (χ1v) is 5.76. The fourth-order valence-corrected chi connectivity index (χ4v) is 2.20. The summed E-state index contributed by atoms with van der Waals surface area (Å²) in [6, 6.07) is 0. The Morgan fingerprint density at radius 3 is 2.38 bits per heavy atom. The normalized spacial score (nSPS) is 26.9. The van der Waals surface area contributed by atoms with E-state index in [0.717, 1.165) is 6.42 Å². The molecule has 0 spiro atoms. The van der Waals surface area contributed by atoms with Crippen LogP contribution in [0.2, 0.25) is 0 Å². The molecule has 1 N–H and O–H groups in total. The van der Waals surface area contributed by atoms with Crippen LogP contribution in [0.3, 0.4) is 0 Å². The molecule has 2 saturated heterocycles. The number of rotatable bonds is 2. The van der Waals surface area contributed by atoms with Gasteiger partial charge in [0.25, 0.3) is 0 Å². The fourth-order valence-electron chi connectivity index (χ4n) is 2.20. The van der Waals surface area contributed by atoms with Gasteiger partial charge in [0, 0.05) is 32.4 Å². The van der Waals surface area contributed by atoms with Gasteiger partial charge in [-0.1, -0.05) is 0 Å². The average Bonchev–Trinajstić information content (AvgIpc) is 2.26. The van der Waals surface area contributed by atoms with Crippen molar-refractivity contribution in [1.29, 1.82) is 0 Å². The molecule has 0 aliphatic carbocycles. The summed E-state index contributed by atoms with van der Waals surface area (Å²) in [5, 5.41) is 2.76. The van der Waals surface area contributed by atoms with Gasteiger partial charge in [0.05, 0.1) is 0 Å². The number of piperidine rings is 2. The van der Waals surface area contributed by atoms with E-state index in [-0.39, 0.29) is 23.6 Å². The Hall–Kier alpha value is -1.39. The van der Waals surface area contributed by atoms with Gasteiger partial charge in [-0.3, -0.25) is 19.3 Å². The van der Waals surface area contributed by atoms with Gasteiger partial charge < -0.3 is 5.32 Å². The van der Waals surface area contributed by atoms with E-state index in [1.165, 1.54) is 4.90 Å². The molecule has 0 radical (unpaired) electrons. The summed E-state index contributed by atoms with van der Waals surface area (Å²) in [7, 11) is 0. The van der Waals surface area contributed by atoms with E-state index in [4.69, 9.17) is 0 Å². The van der Waals surface area contributed by atoms with Crippen LogP contribution in [-0.2, 0) is 14.4 Å². The minimum Gasteiger partial charge on any atom is -0.356 e. The highest BCUT2D eigenvalue weighted by molar-refractivity contribution is 5.97. The van der Waals surface area contributed by atoms with Gasteiger partial charge in [-0.25, -0.2) is 0 Å². The van der Waals surface area contributed by atoms with Gasteiger partial charge in [-0.2, -0.15) is 0 Å². The molecule has 16 heavy (non-hydrogen) atoms. The molecular formula is C11H16N2O3. The molecule has 88 valence electrons. The van der Waals surface area contributed by atoms with Crippen molar-refractivity contribution >= 4 is 17.7 Å². The maximum Gasteiger partial charge on any atom is 0.229 e. The standard InChI is InChI=1S/C11H16N2O3/c14-9-5-4-8(6-12-9)7-13-10(15)2-1-3-11(13)16/h8H,1-7H2,(H,12,14). The van der Waals surface area contributed by atoms with Gasteiger partial charge in [0.1, 0.15) is 0 Å². The smallest absolute Gasteiger partial charge is 0.229 e. The average molecular weight is 224 g/mol. The highest BCUT2D eigenvalue weighted by Gasteiger charge is 2.29. The molecule has 2 aliphatic heterocycles.